The normalized spacial score (nSPS) is 12.1. The summed E-state index contributed by atoms with van der Waals surface area (Å²) in [5, 5.41) is 10.2. The highest BCUT2D eigenvalue weighted by Gasteiger charge is 2.27. The number of hydrogen-bond donors (Lipinski definition) is 1. The fraction of sp³-hybridized carbons (Fsp3) is 0.333. The van der Waals surface area contributed by atoms with E-state index >= 15 is 0 Å². The van der Waals surface area contributed by atoms with Crippen LogP contribution >= 0.6 is 0 Å². The minimum absolute atomic E-state index is 0.170. The Bertz CT molecular complexity index is 1070. The molecule has 0 saturated heterocycles. The first-order valence-electron chi connectivity index (χ1n) is 7.87. The molecule has 0 saturated carbocycles. The summed E-state index contributed by atoms with van der Waals surface area (Å²) in [6.45, 7) is 3.47. The van der Waals surface area contributed by atoms with Gasteiger partial charge >= 0.3 is 5.69 Å². The monoisotopic (exact) mass is 345 g/mol. The lowest BCUT2D eigenvalue weighted by molar-refractivity contribution is 0.166. The summed E-state index contributed by atoms with van der Waals surface area (Å²) in [6, 6.07) is 5.80. The maximum atomic E-state index is 13.3. The number of fused-ring (bicyclic) bond motifs is 1. The maximum Gasteiger partial charge on any atom is 0.330 e. The van der Waals surface area contributed by atoms with Gasteiger partial charge in [0.05, 0.1) is 28.7 Å². The van der Waals surface area contributed by atoms with Crippen LogP contribution in [-0.2, 0) is 19.6 Å². The zero-order valence-electron chi connectivity index (χ0n) is 14.6. The topological polar surface area (TPSA) is 69.2 Å². The van der Waals surface area contributed by atoms with Crippen molar-refractivity contribution in [2.45, 2.75) is 19.4 Å². The molecule has 132 valence electrons. The minimum Gasteiger partial charge on any atom is -0.394 e. The van der Waals surface area contributed by atoms with Gasteiger partial charge in [0.15, 0.2) is 0 Å². The molecule has 1 N–H and O–H groups in total. The number of aryl methyl sites for hydroxylation is 1. The van der Waals surface area contributed by atoms with Crippen LogP contribution in [0.15, 0.2) is 40.1 Å². The molecule has 0 bridgehead atoms. The first-order valence-corrected chi connectivity index (χ1v) is 7.87. The van der Waals surface area contributed by atoms with Crippen LogP contribution in [0.25, 0.3) is 22.2 Å². The Labute approximate surface area is 143 Å². The van der Waals surface area contributed by atoms with Gasteiger partial charge in [0.2, 0.25) is 0 Å². The molecule has 25 heavy (non-hydrogen) atoms. The number of aromatic nitrogens is 3. The summed E-state index contributed by atoms with van der Waals surface area (Å²) in [5.74, 6) is -0.382. The average molecular weight is 345 g/mol. The van der Waals surface area contributed by atoms with Crippen molar-refractivity contribution in [3.8, 4) is 11.3 Å². The van der Waals surface area contributed by atoms with E-state index in [9.17, 15) is 19.1 Å². The molecular formula is C18H20FN3O3. The predicted molar refractivity (Wildman–Crippen MR) is 94.2 cm³/mol. The lowest BCUT2D eigenvalue weighted by atomic mass is 10.0. The standard InChI is InChI=1S/C18H20FN3O3/c1-18(2,10-23)22-9-13-14(16(24)21(4)17(25)20(13)3)15(22)11-5-7-12(19)8-6-11/h5-9,23H,10H2,1-4H3. The molecule has 0 aliphatic carbocycles. The van der Waals surface area contributed by atoms with Crippen molar-refractivity contribution < 1.29 is 9.50 Å². The third kappa shape index (κ3) is 2.51. The van der Waals surface area contributed by atoms with Gasteiger partial charge in [0, 0.05) is 20.3 Å². The largest absolute Gasteiger partial charge is 0.394 e. The van der Waals surface area contributed by atoms with Crippen molar-refractivity contribution in [3.63, 3.8) is 0 Å². The maximum absolute atomic E-state index is 13.3. The lowest BCUT2D eigenvalue weighted by Gasteiger charge is -2.27. The third-order valence-electron chi connectivity index (χ3n) is 4.60. The number of hydrogen-bond acceptors (Lipinski definition) is 3. The Hall–Kier alpha value is -2.67. The first kappa shape index (κ1) is 17.2. The van der Waals surface area contributed by atoms with Gasteiger partial charge in [0.25, 0.3) is 5.56 Å². The molecule has 0 atom stereocenters. The van der Waals surface area contributed by atoms with Crippen LogP contribution in [0.1, 0.15) is 13.8 Å². The summed E-state index contributed by atoms with van der Waals surface area (Å²) < 4.78 is 17.6. The zero-order valence-corrected chi connectivity index (χ0v) is 14.6. The van der Waals surface area contributed by atoms with E-state index in [2.05, 4.69) is 0 Å². The molecule has 0 radical (unpaired) electrons. The van der Waals surface area contributed by atoms with Gasteiger partial charge in [-0.1, -0.05) is 0 Å². The van der Waals surface area contributed by atoms with Crippen LogP contribution in [0, 0.1) is 5.82 Å². The lowest BCUT2D eigenvalue weighted by Crippen LogP contribution is -2.36. The fourth-order valence-corrected chi connectivity index (χ4v) is 2.99. The van der Waals surface area contributed by atoms with E-state index in [0.29, 0.717) is 22.2 Å². The Balaban J connectivity index is 2.55. The molecule has 2 heterocycles. The molecule has 2 aromatic heterocycles. The molecule has 0 fully saturated rings. The second-order valence-corrected chi connectivity index (χ2v) is 6.79. The van der Waals surface area contributed by atoms with Crippen LogP contribution in [0.4, 0.5) is 4.39 Å². The Morgan fingerprint density at radius 2 is 1.68 bits per heavy atom. The molecule has 0 unspecified atom stereocenters. The highest BCUT2D eigenvalue weighted by atomic mass is 19.1. The number of halogens is 1. The SMILES string of the molecule is Cn1c(=O)c2c(-c3ccc(F)cc3)n(C(C)(C)CO)cc2n(C)c1=O. The Morgan fingerprint density at radius 1 is 1.08 bits per heavy atom. The van der Waals surface area contributed by atoms with Crippen molar-refractivity contribution in [3.05, 3.63) is 57.1 Å². The summed E-state index contributed by atoms with van der Waals surface area (Å²) in [4.78, 5) is 25.0. The van der Waals surface area contributed by atoms with Crippen molar-refractivity contribution in [2.75, 3.05) is 6.61 Å². The van der Waals surface area contributed by atoms with Crippen LogP contribution < -0.4 is 11.2 Å². The van der Waals surface area contributed by atoms with Gasteiger partial charge in [-0.2, -0.15) is 0 Å². The summed E-state index contributed by atoms with van der Waals surface area (Å²) in [7, 11) is 3.02. The molecular weight excluding hydrogens is 325 g/mol. The van der Waals surface area contributed by atoms with Gasteiger partial charge in [-0.25, -0.2) is 9.18 Å². The second-order valence-electron chi connectivity index (χ2n) is 6.79. The van der Waals surface area contributed by atoms with E-state index in [-0.39, 0.29) is 12.4 Å². The number of rotatable bonds is 3. The third-order valence-corrected chi connectivity index (χ3v) is 4.60. The minimum atomic E-state index is -0.718. The molecule has 1 aromatic carbocycles. The molecule has 0 spiro atoms. The number of nitrogens with zero attached hydrogens (tertiary/aromatic N) is 3. The van der Waals surface area contributed by atoms with E-state index in [1.165, 1.54) is 23.7 Å². The van der Waals surface area contributed by atoms with Gasteiger partial charge < -0.3 is 9.67 Å². The number of aliphatic hydroxyl groups excluding tert-OH is 1. The second kappa shape index (κ2) is 5.70. The Morgan fingerprint density at radius 3 is 2.24 bits per heavy atom. The van der Waals surface area contributed by atoms with Crippen molar-refractivity contribution in [1.29, 1.82) is 0 Å². The van der Waals surface area contributed by atoms with Crippen LogP contribution in [0.5, 0.6) is 0 Å². The average Bonchev–Trinajstić information content (AvgIpc) is 3.00. The zero-order chi connectivity index (χ0) is 18.5. The molecule has 0 aliphatic heterocycles. The van der Waals surface area contributed by atoms with E-state index in [1.807, 2.05) is 13.8 Å². The molecule has 3 rings (SSSR count). The highest BCUT2D eigenvalue weighted by molar-refractivity contribution is 5.93. The Kier molecular flexibility index (Phi) is 3.91. The number of benzene rings is 1. The van der Waals surface area contributed by atoms with E-state index in [4.69, 9.17) is 0 Å². The molecule has 0 aliphatic rings. The van der Waals surface area contributed by atoms with E-state index < -0.39 is 16.8 Å². The summed E-state index contributed by atoms with van der Waals surface area (Å²) in [5.41, 5.74) is 0.0731. The van der Waals surface area contributed by atoms with Gasteiger partial charge in [-0.15, -0.1) is 0 Å². The van der Waals surface area contributed by atoms with Gasteiger partial charge in [0.1, 0.15) is 5.82 Å². The van der Waals surface area contributed by atoms with Crippen LogP contribution in [-0.4, -0.2) is 25.4 Å². The van der Waals surface area contributed by atoms with Gasteiger partial charge in [-0.3, -0.25) is 13.9 Å². The molecule has 3 aromatic rings. The molecule has 0 amide bonds. The predicted octanol–water partition coefficient (Wildman–Crippen LogP) is 1.57. The summed E-state index contributed by atoms with van der Waals surface area (Å²) >= 11 is 0. The van der Waals surface area contributed by atoms with Crippen molar-refractivity contribution in [2.24, 2.45) is 14.1 Å². The fourth-order valence-electron chi connectivity index (χ4n) is 2.99. The summed E-state index contributed by atoms with van der Waals surface area (Å²) in [6.07, 6.45) is 1.69. The molecule has 7 heteroatoms. The smallest absolute Gasteiger partial charge is 0.330 e. The highest BCUT2D eigenvalue weighted by Crippen LogP contribution is 2.32. The number of aliphatic hydroxyl groups is 1. The first-order chi connectivity index (χ1) is 11.7. The van der Waals surface area contributed by atoms with Crippen molar-refractivity contribution >= 4 is 10.9 Å². The van der Waals surface area contributed by atoms with E-state index in [0.717, 1.165) is 4.57 Å². The van der Waals surface area contributed by atoms with Crippen molar-refractivity contribution in [1.82, 2.24) is 13.7 Å². The van der Waals surface area contributed by atoms with Crippen LogP contribution in [0.2, 0.25) is 0 Å². The van der Waals surface area contributed by atoms with Gasteiger partial charge in [-0.05, 0) is 43.7 Å². The quantitative estimate of drug-likeness (QED) is 0.783. The molecule has 6 nitrogen and oxygen atoms in total. The van der Waals surface area contributed by atoms with E-state index in [1.54, 1.807) is 29.9 Å². The van der Waals surface area contributed by atoms with Crippen LogP contribution in [0.3, 0.4) is 0 Å².